The van der Waals surface area contributed by atoms with E-state index >= 15 is 0 Å². The molecule has 13 rings (SSSR count). The molecule has 0 amide bonds. The number of anilines is 2. The first-order valence-electron chi connectivity index (χ1n) is 25.9. The molecular weight excluding hydrogens is 1320 g/mol. The Balaban J connectivity index is 0.000000434. The van der Waals surface area contributed by atoms with Gasteiger partial charge in [-0.25, -0.2) is 4.98 Å². The van der Waals surface area contributed by atoms with E-state index in [0.29, 0.717) is 23.3 Å². The molecule has 11 aromatic rings. The smallest absolute Gasteiger partial charge is 0.510 e. The first kappa shape index (κ1) is 53.9. The van der Waals surface area contributed by atoms with Crippen molar-refractivity contribution < 1.29 is 45.9 Å². The first-order chi connectivity index (χ1) is 36.9. The average molecular weight is 1380 g/mol. The van der Waals surface area contributed by atoms with Gasteiger partial charge in [-0.3, -0.25) is 4.98 Å². The van der Waals surface area contributed by atoms with E-state index in [-0.39, 0.29) is 46.6 Å². The third kappa shape index (κ3) is 9.91. The normalized spacial score (nSPS) is 13.4. The monoisotopic (exact) mass is 1380 g/mol. The summed E-state index contributed by atoms with van der Waals surface area (Å²) in [6, 6.07) is 64.6. The summed E-state index contributed by atoms with van der Waals surface area (Å²) in [5, 5.41) is 5.31. The Morgan fingerprint density at radius 3 is 1.86 bits per heavy atom. The first-order valence-corrected chi connectivity index (χ1v) is 25.9. The van der Waals surface area contributed by atoms with Gasteiger partial charge in [-0.2, -0.15) is 67.9 Å². The molecule has 0 aliphatic carbocycles. The van der Waals surface area contributed by atoms with Crippen LogP contribution >= 0.6 is 0 Å². The predicted molar refractivity (Wildman–Crippen MR) is 310 cm³/mol. The Hall–Kier alpha value is -7.48. The predicted octanol–water partition coefficient (Wildman–Crippen LogP) is 15.7. The Morgan fingerprint density at radius 1 is 0.577 bits per heavy atom. The molecule has 2 aliphatic rings. The zero-order chi connectivity index (χ0) is 52.2. The number of ether oxygens (including phenoxy) is 1. The molecule has 0 N–H and O–H groups in total. The van der Waals surface area contributed by atoms with Crippen molar-refractivity contribution in [2.75, 3.05) is 23.9 Å². The molecule has 9 nitrogen and oxygen atoms in total. The van der Waals surface area contributed by atoms with Gasteiger partial charge in [0.1, 0.15) is 5.82 Å². The zero-order valence-corrected chi connectivity index (χ0v) is 49.4. The molecule has 7 aromatic carbocycles. The van der Waals surface area contributed by atoms with Crippen LogP contribution < -0.4 is 14.5 Å². The number of benzene rings is 7. The van der Waals surface area contributed by atoms with Gasteiger partial charge in [-0.05, 0) is 108 Å². The third-order valence-electron chi connectivity index (χ3n) is 14.7. The number of imidazole rings is 1. The van der Waals surface area contributed by atoms with Crippen LogP contribution in [-0.4, -0.2) is 42.8 Å². The van der Waals surface area contributed by atoms with Crippen molar-refractivity contribution in [3.63, 3.8) is 0 Å². The maximum Gasteiger partial charge on any atom is 2.00 e. The molecule has 0 atom stereocenters. The summed E-state index contributed by atoms with van der Waals surface area (Å²) in [6.45, 7) is 17.7. The van der Waals surface area contributed by atoms with E-state index < -0.39 is 0 Å². The second kappa shape index (κ2) is 22.1. The standard InChI is InChI=1S/C57H48N6O.C10H10N2.Ir.Pt/c1-36(2)43-18-13-19-44(37(3)4)55(43)53-34-59-56-49-32-41(22-24-45(49)46-16-8-11-21-51(46)63(53)56)64-42-23-25-48-47-17-9-10-20-50(47)62(52(48)33-42)54-31-39(26-27-58-54)57(5,6)38-14-12-15-40(30-38)61-29-28-60(7)35-61;1-11-7-8-12(9-11)10-5-3-2-4-6-10;;/h8-14,16-31,34-37H,1-7H3;2-5,7-9H,1H3;;/q-4;-2;;+2. The molecule has 0 bridgehead atoms. The topological polar surface area (TPSA) is 57.3 Å². The van der Waals surface area contributed by atoms with Crippen LogP contribution in [0.2, 0.25) is 0 Å². The van der Waals surface area contributed by atoms with Crippen molar-refractivity contribution >= 4 is 60.5 Å². The van der Waals surface area contributed by atoms with Gasteiger partial charge in [0, 0.05) is 60.6 Å². The van der Waals surface area contributed by atoms with Crippen molar-refractivity contribution in [3.8, 4) is 28.6 Å². The number of hydrogen-bond donors (Lipinski definition) is 0. The van der Waals surface area contributed by atoms with Crippen molar-refractivity contribution in [1.82, 2.24) is 28.7 Å². The molecular formula is C67H58IrN8OPt-4. The minimum atomic E-state index is -0.333. The number of fused-ring (bicyclic) bond motifs is 9. The molecule has 6 heterocycles. The maximum atomic E-state index is 6.73. The molecule has 0 saturated heterocycles. The van der Waals surface area contributed by atoms with E-state index in [2.05, 4.69) is 183 Å². The van der Waals surface area contributed by atoms with Crippen LogP contribution in [0.25, 0.3) is 66.2 Å². The van der Waals surface area contributed by atoms with Crippen molar-refractivity contribution in [2.24, 2.45) is 0 Å². The number of aromatic nitrogens is 4. The van der Waals surface area contributed by atoms with E-state index in [1.165, 1.54) is 22.3 Å². The maximum absolute atomic E-state index is 6.73. The molecule has 0 unspecified atom stereocenters. The van der Waals surface area contributed by atoms with E-state index in [4.69, 9.17) is 14.7 Å². The van der Waals surface area contributed by atoms with Crippen molar-refractivity contribution in [2.45, 2.75) is 58.8 Å². The molecule has 0 saturated carbocycles. The Morgan fingerprint density at radius 2 is 1.19 bits per heavy atom. The average Bonchev–Trinajstić information content (AvgIpc) is 4.45. The number of pyridine rings is 2. The van der Waals surface area contributed by atoms with Crippen LogP contribution in [-0.2, 0) is 46.6 Å². The fraction of sp³-hybridized carbons (Fsp3) is 0.164. The van der Waals surface area contributed by atoms with Crippen LogP contribution in [0.5, 0.6) is 11.5 Å². The molecule has 0 fully saturated rings. The number of hydrogen-bond acceptors (Lipinski definition) is 7. The molecule has 78 heavy (non-hydrogen) atoms. The van der Waals surface area contributed by atoms with E-state index in [0.717, 1.165) is 77.6 Å². The second-order valence-electron chi connectivity index (χ2n) is 20.8. The summed E-state index contributed by atoms with van der Waals surface area (Å²) in [5.41, 5.74) is 12.9. The largest absolute Gasteiger partial charge is 2.00 e. The van der Waals surface area contributed by atoms with Crippen LogP contribution in [0.4, 0.5) is 11.4 Å². The van der Waals surface area contributed by atoms with Crippen LogP contribution in [0.3, 0.4) is 0 Å². The minimum absolute atomic E-state index is 0. The summed E-state index contributed by atoms with van der Waals surface area (Å²) in [6.07, 6.45) is 12.0. The van der Waals surface area contributed by atoms with Gasteiger partial charge in [-0.15, -0.1) is 52.7 Å². The molecule has 4 aromatic heterocycles. The van der Waals surface area contributed by atoms with Crippen LogP contribution in [0.1, 0.15) is 75.6 Å². The third-order valence-corrected chi connectivity index (χ3v) is 14.7. The van der Waals surface area contributed by atoms with Gasteiger partial charge in [0.2, 0.25) is 0 Å². The van der Waals surface area contributed by atoms with E-state index in [9.17, 15) is 0 Å². The minimum Gasteiger partial charge on any atom is -0.510 e. The molecule has 2 aliphatic heterocycles. The van der Waals surface area contributed by atoms with Gasteiger partial charge in [-0.1, -0.05) is 118 Å². The van der Waals surface area contributed by atoms with Crippen LogP contribution in [0, 0.1) is 37.6 Å². The Labute approximate surface area is 485 Å². The second-order valence-corrected chi connectivity index (χ2v) is 20.8. The van der Waals surface area contributed by atoms with Gasteiger partial charge in [0.15, 0.2) is 0 Å². The van der Waals surface area contributed by atoms with Gasteiger partial charge in [0.25, 0.3) is 0 Å². The SMILES string of the molecule is CC(C)c1cccc(C(C)C)c1-c1cnc2c3[c-]c(Oc4[c-]c5c(cc4)c4ccccc4n5-c4cc(C(C)(C)c5cc[c-]c(N6C=CN(C)[CH-]6)c5)ccn4)ccc3c3ccccc3n12.CN1C=CN(c2[c-]cccc2)[CH-]1.[Ir].[Pt+2]. The quantitative estimate of drug-likeness (QED) is 0.0999. The van der Waals surface area contributed by atoms with Crippen LogP contribution in [0.15, 0.2) is 183 Å². The molecule has 11 heteroatoms. The summed E-state index contributed by atoms with van der Waals surface area (Å²) >= 11 is 0. The van der Waals surface area contributed by atoms with Gasteiger partial charge >= 0.3 is 21.1 Å². The number of para-hydroxylation sites is 3. The Bertz CT molecular complexity index is 4020. The number of rotatable bonds is 10. The summed E-state index contributed by atoms with van der Waals surface area (Å²) in [7, 11) is 4.02. The van der Waals surface area contributed by atoms with Gasteiger partial charge < -0.3 is 33.3 Å². The Kier molecular flexibility index (Phi) is 15.3. The fourth-order valence-corrected chi connectivity index (χ4v) is 10.7. The fourth-order valence-electron chi connectivity index (χ4n) is 10.7. The molecule has 395 valence electrons. The van der Waals surface area contributed by atoms with Crippen molar-refractivity contribution in [3.05, 3.63) is 243 Å². The van der Waals surface area contributed by atoms with E-state index in [1.807, 2.05) is 122 Å². The summed E-state index contributed by atoms with van der Waals surface area (Å²) in [5.74, 6) is 2.68. The van der Waals surface area contributed by atoms with Crippen molar-refractivity contribution in [1.29, 1.82) is 0 Å². The molecule has 0 spiro atoms. The molecule has 1 radical (unpaired) electrons. The van der Waals surface area contributed by atoms with Gasteiger partial charge in [0.05, 0.1) is 11.3 Å². The number of nitrogens with zero attached hydrogens (tertiary/aromatic N) is 8. The summed E-state index contributed by atoms with van der Waals surface area (Å²) in [4.78, 5) is 18.3. The van der Waals surface area contributed by atoms with E-state index in [1.54, 1.807) is 0 Å². The zero-order valence-electron chi connectivity index (χ0n) is 44.8. The summed E-state index contributed by atoms with van der Waals surface area (Å²) < 4.78 is 11.3.